The third kappa shape index (κ3) is 4.81. The molecule has 0 aliphatic rings. The summed E-state index contributed by atoms with van der Waals surface area (Å²) in [5, 5.41) is 15.0. The van der Waals surface area contributed by atoms with E-state index in [2.05, 4.69) is 10.6 Å². The first-order valence-electron chi connectivity index (χ1n) is 7.50. The first-order valence-corrected chi connectivity index (χ1v) is 7.50. The van der Waals surface area contributed by atoms with Crippen LogP contribution in [0.15, 0.2) is 54.6 Å². The van der Waals surface area contributed by atoms with E-state index in [0.29, 0.717) is 5.69 Å². The van der Waals surface area contributed by atoms with E-state index in [0.717, 1.165) is 11.1 Å². The Hall–Kier alpha value is -2.37. The Morgan fingerprint density at radius 1 is 1.13 bits per heavy atom. The molecular weight excluding hydrogens is 292 g/mol. The number of hydrogen-bond acceptors (Lipinski definition) is 3. The zero-order valence-corrected chi connectivity index (χ0v) is 13.3. The number of aliphatic hydroxyl groups is 1. The molecule has 5 heteroatoms. The van der Waals surface area contributed by atoms with E-state index in [4.69, 9.17) is 4.74 Å². The molecule has 2 rings (SSSR count). The fraction of sp³-hybridized carbons (Fsp3) is 0.278. The molecule has 0 saturated carbocycles. The van der Waals surface area contributed by atoms with Gasteiger partial charge in [0.25, 0.3) is 0 Å². The molecule has 23 heavy (non-hydrogen) atoms. The molecule has 2 amide bonds. The number of benzene rings is 2. The van der Waals surface area contributed by atoms with Crippen molar-refractivity contribution >= 4 is 11.7 Å². The first-order chi connectivity index (χ1) is 11.1. The third-order valence-corrected chi connectivity index (χ3v) is 3.66. The number of nitrogens with one attached hydrogen (secondary N) is 2. The molecule has 5 nitrogen and oxygen atoms in total. The van der Waals surface area contributed by atoms with E-state index in [1.807, 2.05) is 61.5 Å². The second kappa shape index (κ2) is 8.31. The van der Waals surface area contributed by atoms with Gasteiger partial charge in [-0.25, -0.2) is 4.79 Å². The lowest BCUT2D eigenvalue weighted by Gasteiger charge is -2.18. The lowest BCUT2D eigenvalue weighted by Crippen LogP contribution is -2.34. The minimum Gasteiger partial charge on any atom is -0.394 e. The number of urea groups is 1. The Balaban J connectivity index is 2.01. The van der Waals surface area contributed by atoms with Crippen LogP contribution in [0, 0.1) is 0 Å². The van der Waals surface area contributed by atoms with E-state index in [9.17, 15) is 9.90 Å². The van der Waals surface area contributed by atoms with Crippen molar-refractivity contribution < 1.29 is 14.6 Å². The molecule has 3 N–H and O–H groups in total. The first kappa shape index (κ1) is 17.0. The predicted molar refractivity (Wildman–Crippen MR) is 90.3 cm³/mol. The molecule has 0 aromatic heterocycles. The summed E-state index contributed by atoms with van der Waals surface area (Å²) in [6.07, 6.45) is -0.0469. The molecule has 0 heterocycles. The summed E-state index contributed by atoms with van der Waals surface area (Å²) in [4.78, 5) is 12.1. The van der Waals surface area contributed by atoms with Crippen molar-refractivity contribution in [1.82, 2.24) is 5.32 Å². The lowest BCUT2D eigenvalue weighted by atomic mass is 10.1. The third-order valence-electron chi connectivity index (χ3n) is 3.66. The number of ether oxygens (including phenoxy) is 1. The van der Waals surface area contributed by atoms with Crippen LogP contribution in [0.3, 0.4) is 0 Å². The maximum absolute atomic E-state index is 12.1. The minimum absolute atomic E-state index is 0.0469. The predicted octanol–water partition coefficient (Wildman–Crippen LogP) is 3.25. The van der Waals surface area contributed by atoms with Crippen molar-refractivity contribution in [2.24, 2.45) is 0 Å². The van der Waals surface area contributed by atoms with Gasteiger partial charge in [-0.15, -0.1) is 0 Å². The number of carbonyl (C=O) groups is 1. The quantitative estimate of drug-likeness (QED) is 0.766. The Labute approximate surface area is 136 Å². The van der Waals surface area contributed by atoms with Gasteiger partial charge in [0.05, 0.1) is 18.8 Å². The summed E-state index contributed by atoms with van der Waals surface area (Å²) in [7, 11) is 1.64. The average molecular weight is 314 g/mol. The van der Waals surface area contributed by atoms with Gasteiger partial charge in [-0.05, 0) is 30.2 Å². The molecule has 2 aromatic rings. The standard InChI is InChI=1S/C18H22N2O3/c1-13(23-2)15-9-6-10-16(11-15)19-18(22)20-17(12-21)14-7-4-3-5-8-14/h3-11,13,17,21H,12H2,1-2H3,(H2,19,20,22). The van der Waals surface area contributed by atoms with E-state index in [1.54, 1.807) is 7.11 Å². The van der Waals surface area contributed by atoms with Crippen LogP contribution < -0.4 is 10.6 Å². The number of amides is 2. The molecule has 2 atom stereocenters. The topological polar surface area (TPSA) is 70.6 Å². The number of anilines is 1. The number of rotatable bonds is 6. The Kier molecular flexibility index (Phi) is 6.14. The van der Waals surface area contributed by atoms with Crippen LogP contribution in [0.4, 0.5) is 10.5 Å². The summed E-state index contributed by atoms with van der Waals surface area (Å²) in [6, 6.07) is 16.0. The van der Waals surface area contributed by atoms with Crippen LogP contribution in [0.25, 0.3) is 0 Å². The van der Waals surface area contributed by atoms with E-state index in [-0.39, 0.29) is 18.7 Å². The van der Waals surface area contributed by atoms with Gasteiger partial charge in [-0.3, -0.25) is 0 Å². The van der Waals surface area contributed by atoms with Gasteiger partial charge in [0.2, 0.25) is 0 Å². The second-order valence-corrected chi connectivity index (χ2v) is 5.25. The molecule has 122 valence electrons. The van der Waals surface area contributed by atoms with Crippen LogP contribution in [-0.2, 0) is 4.74 Å². The van der Waals surface area contributed by atoms with Gasteiger partial charge in [-0.2, -0.15) is 0 Å². The summed E-state index contributed by atoms with van der Waals surface area (Å²) < 4.78 is 5.27. The van der Waals surface area contributed by atoms with Crippen molar-refractivity contribution in [2.45, 2.75) is 19.1 Å². The molecule has 0 fully saturated rings. The Morgan fingerprint density at radius 3 is 2.48 bits per heavy atom. The number of methoxy groups -OCH3 is 1. The van der Waals surface area contributed by atoms with E-state index in [1.165, 1.54) is 0 Å². The summed E-state index contributed by atoms with van der Waals surface area (Å²) in [5.74, 6) is 0. The monoisotopic (exact) mass is 314 g/mol. The van der Waals surface area contributed by atoms with Crippen molar-refractivity contribution in [3.8, 4) is 0 Å². The zero-order chi connectivity index (χ0) is 16.7. The highest BCUT2D eigenvalue weighted by Crippen LogP contribution is 2.20. The normalized spacial score (nSPS) is 13.2. The highest BCUT2D eigenvalue weighted by Gasteiger charge is 2.13. The van der Waals surface area contributed by atoms with Crippen molar-refractivity contribution in [3.63, 3.8) is 0 Å². The van der Waals surface area contributed by atoms with Crippen LogP contribution in [0.2, 0.25) is 0 Å². The average Bonchev–Trinajstić information content (AvgIpc) is 2.60. The van der Waals surface area contributed by atoms with Gasteiger partial charge in [0.1, 0.15) is 0 Å². The van der Waals surface area contributed by atoms with Gasteiger partial charge in [0, 0.05) is 12.8 Å². The van der Waals surface area contributed by atoms with Crippen LogP contribution >= 0.6 is 0 Å². The molecule has 0 aliphatic heterocycles. The SMILES string of the molecule is COC(C)c1cccc(NC(=O)NC(CO)c2ccccc2)c1. The molecule has 2 unspecified atom stereocenters. The van der Waals surface area contributed by atoms with Gasteiger partial charge in [-0.1, -0.05) is 42.5 Å². The minimum atomic E-state index is -0.447. The number of hydrogen-bond donors (Lipinski definition) is 3. The fourth-order valence-electron chi connectivity index (χ4n) is 2.25. The summed E-state index contributed by atoms with van der Waals surface area (Å²) >= 11 is 0. The maximum atomic E-state index is 12.1. The largest absolute Gasteiger partial charge is 0.394 e. The van der Waals surface area contributed by atoms with Crippen molar-refractivity contribution in [2.75, 3.05) is 19.0 Å². The summed E-state index contributed by atoms with van der Waals surface area (Å²) in [6.45, 7) is 1.77. The number of carbonyl (C=O) groups excluding carboxylic acids is 1. The molecule has 0 aliphatic carbocycles. The lowest BCUT2D eigenvalue weighted by molar-refractivity contribution is 0.119. The van der Waals surface area contributed by atoms with Crippen LogP contribution in [0.5, 0.6) is 0 Å². The van der Waals surface area contributed by atoms with Crippen molar-refractivity contribution in [1.29, 1.82) is 0 Å². The number of aliphatic hydroxyl groups excluding tert-OH is 1. The zero-order valence-electron chi connectivity index (χ0n) is 13.3. The highest BCUT2D eigenvalue weighted by atomic mass is 16.5. The molecule has 0 spiro atoms. The van der Waals surface area contributed by atoms with Gasteiger partial charge >= 0.3 is 6.03 Å². The second-order valence-electron chi connectivity index (χ2n) is 5.25. The molecule has 0 radical (unpaired) electrons. The van der Waals surface area contributed by atoms with E-state index < -0.39 is 6.04 Å². The van der Waals surface area contributed by atoms with Crippen LogP contribution in [-0.4, -0.2) is 24.9 Å². The van der Waals surface area contributed by atoms with Gasteiger partial charge in [0.15, 0.2) is 0 Å². The Bertz CT molecular complexity index is 631. The highest BCUT2D eigenvalue weighted by molar-refractivity contribution is 5.89. The molecule has 2 aromatic carbocycles. The fourth-order valence-corrected chi connectivity index (χ4v) is 2.25. The van der Waals surface area contributed by atoms with Gasteiger partial charge < -0.3 is 20.5 Å². The van der Waals surface area contributed by atoms with Crippen LogP contribution in [0.1, 0.15) is 30.2 Å². The van der Waals surface area contributed by atoms with Crippen molar-refractivity contribution in [3.05, 3.63) is 65.7 Å². The summed E-state index contributed by atoms with van der Waals surface area (Å²) in [5.41, 5.74) is 2.51. The maximum Gasteiger partial charge on any atom is 0.319 e. The van der Waals surface area contributed by atoms with E-state index >= 15 is 0 Å². The molecule has 0 bridgehead atoms. The Morgan fingerprint density at radius 2 is 1.83 bits per heavy atom. The molecular formula is C18H22N2O3. The molecule has 0 saturated heterocycles. The smallest absolute Gasteiger partial charge is 0.319 e.